The Hall–Kier alpha value is -0.870. The number of aromatic nitrogens is 2. The third-order valence-electron chi connectivity index (χ3n) is 3.68. The van der Waals surface area contributed by atoms with E-state index in [0.717, 1.165) is 36.3 Å². The van der Waals surface area contributed by atoms with Crippen molar-refractivity contribution in [3.8, 4) is 0 Å². The highest BCUT2D eigenvalue weighted by Crippen LogP contribution is 2.27. The van der Waals surface area contributed by atoms with Gasteiger partial charge >= 0.3 is 0 Å². The third kappa shape index (κ3) is 3.83. The summed E-state index contributed by atoms with van der Waals surface area (Å²) in [5, 5.41) is 3.95. The van der Waals surface area contributed by atoms with E-state index in [-0.39, 0.29) is 5.41 Å². The molecule has 1 aliphatic carbocycles. The molecule has 0 aliphatic heterocycles. The van der Waals surface area contributed by atoms with Crippen LogP contribution in [0.4, 0.5) is 5.82 Å². The molecule has 0 bridgehead atoms. The summed E-state index contributed by atoms with van der Waals surface area (Å²) in [7, 11) is 2.18. The van der Waals surface area contributed by atoms with Crippen LogP contribution >= 0.6 is 11.6 Å². The molecular formula is C15H25ClN4. The van der Waals surface area contributed by atoms with Gasteiger partial charge in [-0.15, -0.1) is 0 Å². The molecule has 1 aliphatic rings. The Bertz CT molecular complexity index is 477. The lowest BCUT2D eigenvalue weighted by Crippen LogP contribution is -2.27. The lowest BCUT2D eigenvalue weighted by Gasteiger charge is -2.20. The van der Waals surface area contributed by atoms with E-state index in [2.05, 4.69) is 48.0 Å². The lowest BCUT2D eigenvalue weighted by molar-refractivity contribution is 0.337. The van der Waals surface area contributed by atoms with Crippen molar-refractivity contribution in [1.82, 2.24) is 14.9 Å². The van der Waals surface area contributed by atoms with Crippen LogP contribution in [0.3, 0.4) is 0 Å². The van der Waals surface area contributed by atoms with Gasteiger partial charge < -0.3 is 10.2 Å². The van der Waals surface area contributed by atoms with Crippen molar-refractivity contribution in [3.63, 3.8) is 0 Å². The highest BCUT2D eigenvalue weighted by atomic mass is 35.5. The quantitative estimate of drug-likeness (QED) is 0.847. The number of rotatable bonds is 5. The number of halogens is 1. The van der Waals surface area contributed by atoms with E-state index in [9.17, 15) is 0 Å². The molecule has 1 heterocycles. The molecule has 0 spiro atoms. The molecule has 0 radical (unpaired) electrons. The van der Waals surface area contributed by atoms with Crippen LogP contribution in [0.25, 0.3) is 0 Å². The molecule has 2 rings (SSSR count). The van der Waals surface area contributed by atoms with Crippen molar-refractivity contribution in [2.24, 2.45) is 0 Å². The Labute approximate surface area is 126 Å². The fourth-order valence-electron chi connectivity index (χ4n) is 2.05. The molecule has 0 aromatic carbocycles. The van der Waals surface area contributed by atoms with Crippen molar-refractivity contribution in [3.05, 3.63) is 16.5 Å². The first-order valence-corrected chi connectivity index (χ1v) is 7.65. The number of likely N-dealkylation sites (N-methyl/N-ethyl adjacent to an activating group) is 1. The fourth-order valence-corrected chi connectivity index (χ4v) is 2.21. The van der Waals surface area contributed by atoms with Crippen molar-refractivity contribution < 1.29 is 0 Å². The van der Waals surface area contributed by atoms with E-state index >= 15 is 0 Å². The highest BCUT2D eigenvalue weighted by Gasteiger charge is 2.25. The molecule has 1 fully saturated rings. The average molecular weight is 297 g/mol. The van der Waals surface area contributed by atoms with Gasteiger partial charge in [0, 0.05) is 30.1 Å². The predicted molar refractivity (Wildman–Crippen MR) is 84.6 cm³/mol. The van der Waals surface area contributed by atoms with Gasteiger partial charge in [0.25, 0.3) is 0 Å². The van der Waals surface area contributed by atoms with Gasteiger partial charge in [0.2, 0.25) is 0 Å². The molecule has 4 nitrogen and oxygen atoms in total. The fraction of sp³-hybridized carbons (Fsp3) is 0.733. The second kappa shape index (κ2) is 5.86. The highest BCUT2D eigenvalue weighted by molar-refractivity contribution is 6.30. The SMILES string of the molecule is Cc1c(Cl)nc(C(C)(C)C)nc1NCCN(C)C1CC1. The topological polar surface area (TPSA) is 41.1 Å². The maximum absolute atomic E-state index is 6.23. The van der Waals surface area contributed by atoms with Crippen molar-refractivity contribution >= 4 is 17.4 Å². The van der Waals surface area contributed by atoms with Gasteiger partial charge in [-0.1, -0.05) is 32.4 Å². The van der Waals surface area contributed by atoms with Gasteiger partial charge in [-0.25, -0.2) is 9.97 Å². The molecule has 0 atom stereocenters. The number of hydrogen-bond donors (Lipinski definition) is 1. The van der Waals surface area contributed by atoms with Gasteiger partial charge in [0.15, 0.2) is 0 Å². The van der Waals surface area contributed by atoms with E-state index in [1.54, 1.807) is 0 Å². The summed E-state index contributed by atoms with van der Waals surface area (Å²) in [6.45, 7) is 10.2. The van der Waals surface area contributed by atoms with Crippen molar-refractivity contribution in [1.29, 1.82) is 0 Å². The molecule has 5 heteroatoms. The minimum absolute atomic E-state index is 0.0986. The average Bonchev–Trinajstić information content (AvgIpc) is 3.16. The van der Waals surface area contributed by atoms with Crippen LogP contribution in [0.5, 0.6) is 0 Å². The summed E-state index contributed by atoms with van der Waals surface area (Å²) in [6.07, 6.45) is 2.67. The molecule has 1 N–H and O–H groups in total. The summed E-state index contributed by atoms with van der Waals surface area (Å²) >= 11 is 6.23. The van der Waals surface area contributed by atoms with E-state index < -0.39 is 0 Å². The lowest BCUT2D eigenvalue weighted by atomic mass is 9.95. The zero-order valence-electron chi connectivity index (χ0n) is 13.1. The Morgan fingerprint density at radius 2 is 1.95 bits per heavy atom. The van der Waals surface area contributed by atoms with Crippen molar-refractivity contribution in [2.45, 2.75) is 52.0 Å². The zero-order valence-corrected chi connectivity index (χ0v) is 13.9. The first-order chi connectivity index (χ1) is 9.29. The van der Waals surface area contributed by atoms with Crippen LogP contribution < -0.4 is 5.32 Å². The Balaban J connectivity index is 2.03. The van der Waals surface area contributed by atoms with Crippen LogP contribution in [0, 0.1) is 6.92 Å². The molecule has 0 unspecified atom stereocenters. The van der Waals surface area contributed by atoms with Gasteiger partial charge in [0.1, 0.15) is 16.8 Å². The summed E-state index contributed by atoms with van der Waals surface area (Å²) in [5.41, 5.74) is 0.826. The molecule has 0 amide bonds. The van der Waals surface area contributed by atoms with Gasteiger partial charge in [-0.05, 0) is 26.8 Å². The Morgan fingerprint density at radius 1 is 1.30 bits per heavy atom. The van der Waals surface area contributed by atoms with Gasteiger partial charge in [-0.2, -0.15) is 0 Å². The summed E-state index contributed by atoms with van der Waals surface area (Å²) in [6, 6.07) is 0.789. The molecule has 1 aromatic heterocycles. The number of nitrogens with one attached hydrogen (secondary N) is 1. The van der Waals surface area contributed by atoms with Crippen LogP contribution in [0.15, 0.2) is 0 Å². The second-order valence-electron chi connectivity index (χ2n) is 6.70. The van der Waals surface area contributed by atoms with Crippen LogP contribution in [0.2, 0.25) is 5.15 Å². The van der Waals surface area contributed by atoms with Crippen LogP contribution in [-0.2, 0) is 5.41 Å². The zero-order chi connectivity index (χ0) is 14.9. The van der Waals surface area contributed by atoms with Crippen molar-refractivity contribution in [2.75, 3.05) is 25.5 Å². The monoisotopic (exact) mass is 296 g/mol. The first-order valence-electron chi connectivity index (χ1n) is 7.28. The smallest absolute Gasteiger partial charge is 0.137 e. The number of anilines is 1. The molecule has 0 saturated heterocycles. The molecule has 1 aromatic rings. The minimum atomic E-state index is -0.0986. The largest absolute Gasteiger partial charge is 0.368 e. The van der Waals surface area contributed by atoms with Gasteiger partial charge in [0.05, 0.1) is 0 Å². The van der Waals surface area contributed by atoms with E-state index in [4.69, 9.17) is 11.6 Å². The predicted octanol–water partition coefficient (Wildman–Crippen LogP) is 3.24. The van der Waals surface area contributed by atoms with E-state index in [1.807, 2.05) is 6.92 Å². The number of nitrogens with zero attached hydrogens (tertiary/aromatic N) is 3. The van der Waals surface area contributed by atoms with E-state index in [1.165, 1.54) is 12.8 Å². The molecule has 1 saturated carbocycles. The van der Waals surface area contributed by atoms with E-state index in [0.29, 0.717) is 5.15 Å². The molecule has 20 heavy (non-hydrogen) atoms. The maximum Gasteiger partial charge on any atom is 0.137 e. The van der Waals surface area contributed by atoms with Crippen LogP contribution in [-0.4, -0.2) is 41.0 Å². The van der Waals surface area contributed by atoms with Gasteiger partial charge in [-0.3, -0.25) is 0 Å². The van der Waals surface area contributed by atoms with Crippen LogP contribution in [0.1, 0.15) is 45.0 Å². The Morgan fingerprint density at radius 3 is 2.50 bits per heavy atom. The molecular weight excluding hydrogens is 272 g/mol. The minimum Gasteiger partial charge on any atom is -0.368 e. The summed E-state index contributed by atoms with van der Waals surface area (Å²) < 4.78 is 0. The third-order valence-corrected chi connectivity index (χ3v) is 4.05. The Kier molecular flexibility index (Phi) is 4.55. The molecule has 112 valence electrons. The summed E-state index contributed by atoms with van der Waals surface area (Å²) in [5.74, 6) is 1.64. The second-order valence-corrected chi connectivity index (χ2v) is 7.06. The normalized spacial score (nSPS) is 15.8. The first kappa shape index (κ1) is 15.5. The standard InChI is InChI=1S/C15H25ClN4/c1-10-12(16)18-14(15(2,3)4)19-13(10)17-8-9-20(5)11-6-7-11/h11H,6-9H2,1-5H3,(H,17,18,19). The number of hydrogen-bond acceptors (Lipinski definition) is 4. The maximum atomic E-state index is 6.23. The summed E-state index contributed by atoms with van der Waals surface area (Å²) in [4.78, 5) is 11.4.